The molecule has 6 nitrogen and oxygen atoms in total. The lowest BCUT2D eigenvalue weighted by atomic mass is 10.0. The van der Waals surface area contributed by atoms with Gasteiger partial charge < -0.3 is 15.2 Å². The van der Waals surface area contributed by atoms with E-state index in [1.54, 1.807) is 12.1 Å². The number of benzene rings is 2. The van der Waals surface area contributed by atoms with Crippen LogP contribution in [-0.2, 0) is 4.79 Å². The Labute approximate surface area is 173 Å². The van der Waals surface area contributed by atoms with Crippen molar-refractivity contribution in [2.75, 3.05) is 7.11 Å². The van der Waals surface area contributed by atoms with Crippen LogP contribution in [0.2, 0.25) is 0 Å². The lowest BCUT2D eigenvalue weighted by molar-refractivity contribution is -0.137. The highest BCUT2D eigenvalue weighted by molar-refractivity contribution is 5.93. The summed E-state index contributed by atoms with van der Waals surface area (Å²) < 4.78 is 19.6. The first-order chi connectivity index (χ1) is 14.4. The highest BCUT2D eigenvalue weighted by Crippen LogP contribution is 2.29. The zero-order chi connectivity index (χ0) is 21.7. The van der Waals surface area contributed by atoms with Gasteiger partial charge >= 0.3 is 5.97 Å². The third-order valence-corrected chi connectivity index (χ3v) is 4.57. The first-order valence-corrected chi connectivity index (χ1v) is 9.28. The topological polar surface area (TPSA) is 88.5 Å². The van der Waals surface area contributed by atoms with Crippen LogP contribution < -0.4 is 10.1 Å². The summed E-state index contributed by atoms with van der Waals surface area (Å²) >= 11 is 0. The Hall–Kier alpha value is -3.74. The van der Waals surface area contributed by atoms with E-state index in [1.165, 1.54) is 31.4 Å². The van der Waals surface area contributed by atoms with Crippen molar-refractivity contribution in [3.63, 3.8) is 0 Å². The van der Waals surface area contributed by atoms with Gasteiger partial charge in [0.2, 0.25) is 0 Å². The van der Waals surface area contributed by atoms with Gasteiger partial charge in [0.1, 0.15) is 23.0 Å². The second kappa shape index (κ2) is 9.17. The van der Waals surface area contributed by atoms with Gasteiger partial charge in [0.25, 0.3) is 5.91 Å². The van der Waals surface area contributed by atoms with E-state index in [0.717, 1.165) is 11.1 Å². The van der Waals surface area contributed by atoms with Crippen molar-refractivity contribution in [1.29, 1.82) is 0 Å². The van der Waals surface area contributed by atoms with E-state index in [0.29, 0.717) is 11.4 Å². The minimum atomic E-state index is -1.16. The number of aromatic nitrogens is 1. The van der Waals surface area contributed by atoms with Crippen molar-refractivity contribution in [2.45, 2.75) is 19.4 Å². The van der Waals surface area contributed by atoms with Gasteiger partial charge in [-0.2, -0.15) is 0 Å². The molecule has 0 aliphatic rings. The molecule has 1 heterocycles. The average molecular weight is 408 g/mol. The summed E-state index contributed by atoms with van der Waals surface area (Å²) in [6.45, 7) is 1.94. The monoisotopic (exact) mass is 408 g/mol. The Morgan fingerprint density at radius 2 is 1.90 bits per heavy atom. The molecule has 0 fully saturated rings. The van der Waals surface area contributed by atoms with Gasteiger partial charge in [-0.3, -0.25) is 9.59 Å². The molecule has 0 aliphatic heterocycles. The number of carboxylic acids is 1. The summed E-state index contributed by atoms with van der Waals surface area (Å²) in [6, 6.07) is 15.4. The second-order valence-corrected chi connectivity index (χ2v) is 6.76. The molecule has 0 bridgehead atoms. The molecule has 1 amide bonds. The van der Waals surface area contributed by atoms with E-state index in [-0.39, 0.29) is 11.3 Å². The van der Waals surface area contributed by atoms with Gasteiger partial charge in [0.15, 0.2) is 0 Å². The number of nitrogens with one attached hydrogen (secondary N) is 1. The third kappa shape index (κ3) is 4.81. The number of ether oxygens (including phenoxy) is 1. The van der Waals surface area contributed by atoms with Gasteiger partial charge in [-0.25, -0.2) is 9.37 Å². The molecule has 0 spiro atoms. The maximum absolute atomic E-state index is 14.2. The van der Waals surface area contributed by atoms with Crippen LogP contribution in [0.15, 0.2) is 60.7 Å². The number of aliphatic carboxylic acids is 1. The molecule has 0 aliphatic carbocycles. The second-order valence-electron chi connectivity index (χ2n) is 6.76. The van der Waals surface area contributed by atoms with Gasteiger partial charge in [-0.05, 0) is 31.2 Å². The van der Waals surface area contributed by atoms with Gasteiger partial charge in [0.05, 0.1) is 19.6 Å². The SMILES string of the molecule is COc1ccc(C(=O)N[C@@H](CC(=O)O)c2ccccc2F)nc1-c1cccc(C)c1. The maximum atomic E-state index is 14.2. The Morgan fingerprint density at radius 1 is 1.13 bits per heavy atom. The van der Waals surface area contributed by atoms with E-state index in [2.05, 4.69) is 10.3 Å². The number of hydrogen-bond acceptors (Lipinski definition) is 4. The number of amides is 1. The first-order valence-electron chi connectivity index (χ1n) is 9.28. The summed E-state index contributed by atoms with van der Waals surface area (Å²) in [4.78, 5) is 28.5. The molecule has 154 valence electrons. The van der Waals surface area contributed by atoms with Crippen LogP contribution >= 0.6 is 0 Å². The standard InChI is InChI=1S/C23H21FN2O4/c1-14-6-5-7-15(12-14)22-20(30-2)11-10-18(25-22)23(29)26-19(13-21(27)28)16-8-3-4-9-17(16)24/h3-12,19H,13H2,1-2H3,(H,26,29)(H,27,28)/t19-/m0/s1. The Bertz CT molecular complexity index is 1080. The van der Waals surface area contributed by atoms with Crippen LogP contribution in [-0.4, -0.2) is 29.1 Å². The fourth-order valence-corrected chi connectivity index (χ4v) is 3.14. The summed E-state index contributed by atoms with van der Waals surface area (Å²) in [7, 11) is 1.51. The Morgan fingerprint density at radius 3 is 2.57 bits per heavy atom. The molecule has 0 radical (unpaired) electrons. The molecule has 1 aromatic heterocycles. The molecule has 1 atom stereocenters. The fourth-order valence-electron chi connectivity index (χ4n) is 3.14. The number of pyridine rings is 1. The van der Waals surface area contributed by atoms with Crippen molar-refractivity contribution in [3.05, 3.63) is 83.3 Å². The summed E-state index contributed by atoms with van der Waals surface area (Å²) in [6.07, 6.45) is -0.465. The van der Waals surface area contributed by atoms with Gasteiger partial charge in [0, 0.05) is 11.1 Å². The average Bonchev–Trinajstić information content (AvgIpc) is 2.72. The van der Waals surface area contributed by atoms with E-state index < -0.39 is 30.2 Å². The number of carbonyl (C=O) groups is 2. The van der Waals surface area contributed by atoms with Crippen LogP contribution in [0, 0.1) is 12.7 Å². The molecular weight excluding hydrogens is 387 g/mol. The van der Waals surface area contributed by atoms with Crippen LogP contribution in [0.3, 0.4) is 0 Å². The van der Waals surface area contributed by atoms with Crippen molar-refractivity contribution in [2.24, 2.45) is 0 Å². The minimum Gasteiger partial charge on any atom is -0.494 e. The minimum absolute atomic E-state index is 0.0686. The van der Waals surface area contributed by atoms with E-state index in [9.17, 15) is 19.1 Å². The summed E-state index contributed by atoms with van der Waals surface area (Å²) in [5, 5.41) is 11.8. The Balaban J connectivity index is 1.94. The molecule has 2 N–H and O–H groups in total. The predicted molar refractivity (Wildman–Crippen MR) is 110 cm³/mol. The number of carbonyl (C=O) groups excluding carboxylic acids is 1. The normalized spacial score (nSPS) is 11.6. The predicted octanol–water partition coefficient (Wildman–Crippen LogP) is 4.15. The molecule has 3 rings (SSSR count). The first kappa shape index (κ1) is 21.0. The van der Waals surface area contributed by atoms with Crippen molar-refractivity contribution < 1.29 is 23.8 Å². The van der Waals surface area contributed by atoms with Crippen LogP contribution in [0.1, 0.15) is 34.1 Å². The van der Waals surface area contributed by atoms with E-state index in [4.69, 9.17) is 4.74 Å². The molecular formula is C23H21FN2O4. The zero-order valence-electron chi connectivity index (χ0n) is 16.6. The number of rotatable bonds is 7. The number of nitrogens with zero attached hydrogens (tertiary/aromatic N) is 1. The van der Waals surface area contributed by atoms with E-state index >= 15 is 0 Å². The van der Waals surface area contributed by atoms with Crippen molar-refractivity contribution in [3.8, 4) is 17.0 Å². The lowest BCUT2D eigenvalue weighted by Gasteiger charge is -2.18. The number of hydrogen-bond donors (Lipinski definition) is 2. The maximum Gasteiger partial charge on any atom is 0.305 e. The number of carboxylic acid groups (broad SMARTS) is 1. The molecule has 0 saturated carbocycles. The largest absolute Gasteiger partial charge is 0.494 e. The van der Waals surface area contributed by atoms with Crippen molar-refractivity contribution >= 4 is 11.9 Å². The molecule has 0 saturated heterocycles. The molecule has 2 aromatic carbocycles. The fraction of sp³-hybridized carbons (Fsp3) is 0.174. The Kier molecular flexibility index (Phi) is 6.41. The third-order valence-electron chi connectivity index (χ3n) is 4.57. The van der Waals surface area contributed by atoms with E-state index in [1.807, 2.05) is 31.2 Å². The summed E-state index contributed by atoms with van der Waals surface area (Å²) in [5.41, 5.74) is 2.44. The smallest absolute Gasteiger partial charge is 0.305 e. The highest BCUT2D eigenvalue weighted by atomic mass is 19.1. The van der Waals surface area contributed by atoms with Crippen LogP contribution in [0.25, 0.3) is 11.3 Å². The quantitative estimate of drug-likeness (QED) is 0.613. The van der Waals surface area contributed by atoms with Gasteiger partial charge in [-0.1, -0.05) is 42.0 Å². The van der Waals surface area contributed by atoms with Crippen LogP contribution in [0.4, 0.5) is 4.39 Å². The highest BCUT2D eigenvalue weighted by Gasteiger charge is 2.23. The molecule has 30 heavy (non-hydrogen) atoms. The lowest BCUT2D eigenvalue weighted by Crippen LogP contribution is -2.31. The molecule has 0 unspecified atom stereocenters. The van der Waals surface area contributed by atoms with Crippen molar-refractivity contribution in [1.82, 2.24) is 10.3 Å². The number of halogens is 1. The molecule has 3 aromatic rings. The number of aryl methyl sites for hydroxylation is 1. The van der Waals surface area contributed by atoms with Gasteiger partial charge in [-0.15, -0.1) is 0 Å². The number of methoxy groups -OCH3 is 1. The zero-order valence-corrected chi connectivity index (χ0v) is 16.6. The van der Waals surface area contributed by atoms with Crippen LogP contribution in [0.5, 0.6) is 5.75 Å². The molecule has 7 heteroatoms. The summed E-state index contributed by atoms with van der Waals surface area (Å²) in [5.74, 6) is -1.87.